The number of nitrogens with one attached hydrogen (secondary N) is 1. The molecule has 0 spiro atoms. The summed E-state index contributed by atoms with van der Waals surface area (Å²) >= 11 is 12.4. The fraction of sp³-hybridized carbons (Fsp3) is 0.368. The summed E-state index contributed by atoms with van der Waals surface area (Å²) < 4.78 is 5.47. The van der Waals surface area contributed by atoms with Crippen LogP contribution in [-0.2, 0) is 6.42 Å². The number of hydrazine groups is 1. The number of hydrogen-bond donors (Lipinski definition) is 1. The summed E-state index contributed by atoms with van der Waals surface area (Å²) in [7, 11) is 1.71. The first-order valence-electron chi connectivity index (χ1n) is 8.24. The van der Waals surface area contributed by atoms with Gasteiger partial charge in [0.25, 0.3) is 0 Å². The molecular weight excluding hydrogens is 414 g/mol. The first-order valence-corrected chi connectivity index (χ1v) is 9.00. The fourth-order valence-corrected chi connectivity index (χ4v) is 3.65. The summed E-state index contributed by atoms with van der Waals surface area (Å²) in [6.07, 6.45) is 3.33. The molecule has 0 radical (unpaired) electrons. The van der Waals surface area contributed by atoms with Crippen LogP contribution in [-0.4, -0.2) is 25.2 Å². The maximum atomic E-state index is 6.25. The van der Waals surface area contributed by atoms with Crippen LogP contribution in [0.2, 0.25) is 10.0 Å². The van der Waals surface area contributed by atoms with Gasteiger partial charge in [-0.15, -0.1) is 24.8 Å². The summed E-state index contributed by atoms with van der Waals surface area (Å²) in [6.45, 7) is 2.00. The molecule has 1 heterocycles. The average Bonchev–Trinajstić information content (AvgIpc) is 2.58. The van der Waals surface area contributed by atoms with Gasteiger partial charge in [-0.3, -0.25) is 0 Å². The van der Waals surface area contributed by atoms with E-state index in [1.54, 1.807) is 7.11 Å². The zero-order chi connectivity index (χ0) is 16.9. The van der Waals surface area contributed by atoms with Gasteiger partial charge in [0.2, 0.25) is 0 Å². The summed E-state index contributed by atoms with van der Waals surface area (Å²) in [5.41, 5.74) is 5.58. The lowest BCUT2D eigenvalue weighted by atomic mass is 9.91. The Morgan fingerprint density at radius 3 is 2.65 bits per heavy atom. The van der Waals surface area contributed by atoms with Crippen LogP contribution in [0.4, 0.5) is 5.69 Å². The predicted octanol–water partition coefficient (Wildman–Crippen LogP) is 6.13. The summed E-state index contributed by atoms with van der Waals surface area (Å²) in [5.74, 6) is 1.47. The maximum Gasteiger partial charge on any atom is 0.122 e. The van der Waals surface area contributed by atoms with Gasteiger partial charge in [-0.2, -0.15) is 0 Å². The predicted molar refractivity (Wildman–Crippen MR) is 116 cm³/mol. The second-order valence-corrected chi connectivity index (χ2v) is 7.05. The highest BCUT2D eigenvalue weighted by Crippen LogP contribution is 2.29. The lowest BCUT2D eigenvalue weighted by Crippen LogP contribution is -2.40. The molecule has 26 heavy (non-hydrogen) atoms. The van der Waals surface area contributed by atoms with E-state index in [9.17, 15) is 0 Å². The van der Waals surface area contributed by atoms with Crippen molar-refractivity contribution in [1.29, 1.82) is 0 Å². The Hall–Kier alpha value is -0.840. The van der Waals surface area contributed by atoms with Crippen LogP contribution >= 0.6 is 48.0 Å². The summed E-state index contributed by atoms with van der Waals surface area (Å²) in [5, 5.41) is 3.76. The van der Waals surface area contributed by atoms with Crippen molar-refractivity contribution in [1.82, 2.24) is 5.01 Å². The second-order valence-electron chi connectivity index (χ2n) is 6.21. The third kappa shape index (κ3) is 6.11. The summed E-state index contributed by atoms with van der Waals surface area (Å²) in [4.78, 5) is 0. The highest BCUT2D eigenvalue weighted by molar-refractivity contribution is 6.33. The molecule has 3 nitrogen and oxygen atoms in total. The standard InChI is InChI=1S/C19H22Cl2N2O.2ClH/c1-24-19-9-8-16(20)12-15(19)11-14-5-4-10-23(13-14)22-18-7-3-2-6-17(18)21;;/h2-3,6-9,12,14,22H,4-5,10-11,13H2,1H3;2*1H. The van der Waals surface area contributed by atoms with Gasteiger partial charge in [0.1, 0.15) is 5.75 Å². The molecule has 1 atom stereocenters. The molecule has 0 bridgehead atoms. The molecule has 0 aliphatic carbocycles. The van der Waals surface area contributed by atoms with Crippen molar-refractivity contribution in [2.75, 3.05) is 25.6 Å². The largest absolute Gasteiger partial charge is 0.496 e. The number of halogens is 4. The first kappa shape index (κ1) is 23.2. The van der Waals surface area contributed by atoms with Crippen molar-refractivity contribution in [3.8, 4) is 5.75 Å². The molecule has 0 saturated carbocycles. The molecule has 1 fully saturated rings. The van der Waals surface area contributed by atoms with Gasteiger partial charge in [0.05, 0.1) is 17.8 Å². The molecule has 144 valence electrons. The first-order chi connectivity index (χ1) is 11.7. The van der Waals surface area contributed by atoms with E-state index in [0.717, 1.165) is 47.4 Å². The minimum Gasteiger partial charge on any atom is -0.496 e. The smallest absolute Gasteiger partial charge is 0.122 e. The highest BCUT2D eigenvalue weighted by atomic mass is 35.5. The van der Waals surface area contributed by atoms with Gasteiger partial charge in [-0.25, -0.2) is 5.01 Å². The van der Waals surface area contributed by atoms with Gasteiger partial charge in [-0.05, 0) is 61.1 Å². The monoisotopic (exact) mass is 436 g/mol. The molecule has 0 aromatic heterocycles. The number of rotatable bonds is 5. The molecule has 1 aliphatic heterocycles. The van der Waals surface area contributed by atoms with E-state index in [1.807, 2.05) is 42.5 Å². The van der Waals surface area contributed by atoms with Gasteiger partial charge < -0.3 is 10.2 Å². The molecular formula is C19H24Cl4N2O. The number of benzene rings is 2. The lowest BCUT2D eigenvalue weighted by Gasteiger charge is -2.34. The van der Waals surface area contributed by atoms with Crippen LogP contribution in [0.5, 0.6) is 5.75 Å². The average molecular weight is 438 g/mol. The van der Waals surface area contributed by atoms with E-state index in [1.165, 1.54) is 12.0 Å². The number of ether oxygens (including phenoxy) is 1. The van der Waals surface area contributed by atoms with Crippen LogP contribution in [0.3, 0.4) is 0 Å². The molecule has 1 saturated heterocycles. The van der Waals surface area contributed by atoms with Crippen LogP contribution in [0, 0.1) is 5.92 Å². The quantitative estimate of drug-likeness (QED) is 0.608. The number of nitrogens with zero attached hydrogens (tertiary/aromatic N) is 1. The molecule has 1 N–H and O–H groups in total. The zero-order valence-corrected chi connectivity index (χ0v) is 17.7. The Balaban J connectivity index is 0.00000169. The number of para-hydroxylation sites is 1. The molecule has 3 rings (SSSR count). The number of piperidine rings is 1. The number of hydrogen-bond acceptors (Lipinski definition) is 3. The Kier molecular flexibility index (Phi) is 9.91. The zero-order valence-electron chi connectivity index (χ0n) is 14.6. The lowest BCUT2D eigenvalue weighted by molar-refractivity contribution is 0.206. The topological polar surface area (TPSA) is 24.5 Å². The summed E-state index contributed by atoms with van der Waals surface area (Å²) in [6, 6.07) is 13.7. The maximum absolute atomic E-state index is 6.25. The van der Waals surface area contributed by atoms with E-state index < -0.39 is 0 Å². The van der Waals surface area contributed by atoms with Crippen LogP contribution < -0.4 is 10.2 Å². The van der Waals surface area contributed by atoms with Crippen molar-refractivity contribution in [2.24, 2.45) is 5.92 Å². The van der Waals surface area contributed by atoms with E-state index in [2.05, 4.69) is 10.4 Å². The number of anilines is 1. The van der Waals surface area contributed by atoms with Crippen molar-refractivity contribution in [3.63, 3.8) is 0 Å². The van der Waals surface area contributed by atoms with Gasteiger partial charge in [-0.1, -0.05) is 35.3 Å². The van der Waals surface area contributed by atoms with E-state index in [-0.39, 0.29) is 24.8 Å². The van der Waals surface area contributed by atoms with Gasteiger partial charge in [0, 0.05) is 18.1 Å². The van der Waals surface area contributed by atoms with E-state index in [4.69, 9.17) is 27.9 Å². The molecule has 1 aliphatic rings. The Bertz CT molecular complexity index is 699. The molecule has 2 aromatic rings. The van der Waals surface area contributed by atoms with Crippen LogP contribution in [0.25, 0.3) is 0 Å². The normalized spacial score (nSPS) is 17.0. The second kappa shape index (κ2) is 11.1. The SMILES string of the molecule is COc1ccc(Cl)cc1CC1CCCN(Nc2ccccc2Cl)C1.Cl.Cl. The molecule has 7 heteroatoms. The highest BCUT2D eigenvalue weighted by Gasteiger charge is 2.22. The Morgan fingerprint density at radius 2 is 1.92 bits per heavy atom. The van der Waals surface area contributed by atoms with Crippen molar-refractivity contribution < 1.29 is 4.74 Å². The third-order valence-corrected chi connectivity index (χ3v) is 4.99. The van der Waals surface area contributed by atoms with E-state index in [0.29, 0.717) is 5.92 Å². The van der Waals surface area contributed by atoms with E-state index >= 15 is 0 Å². The van der Waals surface area contributed by atoms with Crippen LogP contribution in [0.15, 0.2) is 42.5 Å². The van der Waals surface area contributed by atoms with Crippen LogP contribution in [0.1, 0.15) is 18.4 Å². The molecule has 1 unspecified atom stereocenters. The van der Waals surface area contributed by atoms with Gasteiger partial charge >= 0.3 is 0 Å². The number of methoxy groups -OCH3 is 1. The van der Waals surface area contributed by atoms with Gasteiger partial charge in [0.15, 0.2) is 0 Å². The molecule has 0 amide bonds. The minimum atomic E-state index is 0. The molecule has 2 aromatic carbocycles. The Morgan fingerprint density at radius 1 is 1.15 bits per heavy atom. The van der Waals surface area contributed by atoms with Crippen molar-refractivity contribution in [3.05, 3.63) is 58.1 Å². The van der Waals surface area contributed by atoms with Crippen molar-refractivity contribution in [2.45, 2.75) is 19.3 Å². The van der Waals surface area contributed by atoms with Crippen molar-refractivity contribution >= 4 is 53.7 Å². The fourth-order valence-electron chi connectivity index (χ4n) is 3.27. The minimum absolute atomic E-state index is 0. The third-order valence-electron chi connectivity index (χ3n) is 4.42. The Labute approximate surface area is 177 Å².